The van der Waals surface area contributed by atoms with Crippen LogP contribution in [-0.2, 0) is 13.1 Å². The van der Waals surface area contributed by atoms with Gasteiger partial charge in [0.2, 0.25) is 0 Å². The molecule has 25 heavy (non-hydrogen) atoms. The Balaban J connectivity index is 1.74. The first-order valence-electron chi connectivity index (χ1n) is 8.73. The number of piperidine rings is 1. The second-order valence-electron chi connectivity index (χ2n) is 6.58. The summed E-state index contributed by atoms with van der Waals surface area (Å²) in [6.07, 6.45) is 7.40. The van der Waals surface area contributed by atoms with Crippen LogP contribution in [0.4, 0.5) is 0 Å². The molecule has 0 aliphatic carbocycles. The third-order valence-electron chi connectivity index (χ3n) is 4.66. The molecule has 0 radical (unpaired) electrons. The molecule has 6 nitrogen and oxygen atoms in total. The molecule has 1 aliphatic heterocycles. The number of carbonyl (C=O) groups excluding carboxylic acids is 1. The lowest BCUT2D eigenvalue weighted by Gasteiger charge is -2.23. The predicted octanol–water partition coefficient (Wildman–Crippen LogP) is 1.48. The number of amides is 1. The maximum Gasteiger partial charge on any atom is 0.263 e. The second kappa shape index (κ2) is 8.07. The molecule has 2 N–H and O–H groups in total. The van der Waals surface area contributed by atoms with E-state index < -0.39 is 0 Å². The number of aryl methyl sites for hydroxylation is 1. The molecular weight excluding hydrogens is 316 g/mol. The number of rotatable bonds is 5. The number of nitrogens with one attached hydrogen (secondary N) is 2. The SMILES string of the molecule is Cc1ccn(CC2CCCNC2)c(=O)c1C(=O)NCc1ccncc1. The zero-order valence-corrected chi connectivity index (χ0v) is 14.5. The van der Waals surface area contributed by atoms with Crippen LogP contribution in [0.3, 0.4) is 0 Å². The summed E-state index contributed by atoms with van der Waals surface area (Å²) in [5.74, 6) is 0.109. The van der Waals surface area contributed by atoms with E-state index in [1.54, 1.807) is 30.1 Å². The van der Waals surface area contributed by atoms with Crippen molar-refractivity contribution in [1.82, 2.24) is 20.2 Å². The first-order valence-corrected chi connectivity index (χ1v) is 8.73. The average molecular weight is 340 g/mol. The topological polar surface area (TPSA) is 76.0 Å². The van der Waals surface area contributed by atoms with Gasteiger partial charge in [-0.15, -0.1) is 0 Å². The van der Waals surface area contributed by atoms with Crippen molar-refractivity contribution in [3.05, 3.63) is 63.8 Å². The molecule has 1 atom stereocenters. The molecule has 0 bridgehead atoms. The molecule has 1 aliphatic rings. The van der Waals surface area contributed by atoms with Gasteiger partial charge in [0, 0.05) is 31.7 Å². The Hall–Kier alpha value is -2.47. The van der Waals surface area contributed by atoms with Gasteiger partial charge in [0.05, 0.1) is 0 Å². The minimum absolute atomic E-state index is 0.210. The van der Waals surface area contributed by atoms with Crippen molar-refractivity contribution in [2.45, 2.75) is 32.9 Å². The minimum atomic E-state index is -0.324. The van der Waals surface area contributed by atoms with Gasteiger partial charge in [-0.1, -0.05) is 0 Å². The van der Waals surface area contributed by atoms with E-state index in [1.807, 2.05) is 18.2 Å². The fourth-order valence-electron chi connectivity index (χ4n) is 3.21. The summed E-state index contributed by atoms with van der Waals surface area (Å²) >= 11 is 0. The molecule has 0 saturated carbocycles. The largest absolute Gasteiger partial charge is 0.348 e. The smallest absolute Gasteiger partial charge is 0.263 e. The van der Waals surface area contributed by atoms with E-state index in [0.29, 0.717) is 24.6 Å². The molecule has 3 heterocycles. The van der Waals surface area contributed by atoms with Crippen molar-refractivity contribution in [3.63, 3.8) is 0 Å². The van der Waals surface area contributed by atoms with Crippen LogP contribution in [0, 0.1) is 12.8 Å². The highest BCUT2D eigenvalue weighted by molar-refractivity contribution is 5.95. The third-order valence-corrected chi connectivity index (χ3v) is 4.66. The Morgan fingerprint density at radius 1 is 1.36 bits per heavy atom. The monoisotopic (exact) mass is 340 g/mol. The van der Waals surface area contributed by atoms with E-state index in [4.69, 9.17) is 0 Å². The molecule has 132 valence electrons. The summed E-state index contributed by atoms with van der Waals surface area (Å²) in [5.41, 5.74) is 1.68. The van der Waals surface area contributed by atoms with Crippen molar-refractivity contribution in [3.8, 4) is 0 Å². The second-order valence-corrected chi connectivity index (χ2v) is 6.58. The van der Waals surface area contributed by atoms with Gasteiger partial charge in [0.1, 0.15) is 5.56 Å². The molecule has 1 unspecified atom stereocenters. The van der Waals surface area contributed by atoms with Gasteiger partial charge >= 0.3 is 0 Å². The standard InChI is InChI=1S/C19H24N4O2/c1-14-6-10-23(13-16-3-2-7-21-11-16)19(25)17(14)18(24)22-12-15-4-8-20-9-5-15/h4-6,8-10,16,21H,2-3,7,11-13H2,1H3,(H,22,24). The highest BCUT2D eigenvalue weighted by Gasteiger charge is 2.18. The van der Waals surface area contributed by atoms with E-state index in [9.17, 15) is 9.59 Å². The maximum atomic E-state index is 12.8. The highest BCUT2D eigenvalue weighted by atomic mass is 16.2. The Bertz CT molecular complexity index is 780. The van der Waals surface area contributed by atoms with E-state index >= 15 is 0 Å². The quantitative estimate of drug-likeness (QED) is 0.864. The van der Waals surface area contributed by atoms with E-state index in [2.05, 4.69) is 15.6 Å². The van der Waals surface area contributed by atoms with Crippen LogP contribution in [0.15, 0.2) is 41.6 Å². The number of hydrogen-bond acceptors (Lipinski definition) is 4. The number of carbonyl (C=O) groups is 1. The Morgan fingerprint density at radius 3 is 2.88 bits per heavy atom. The summed E-state index contributed by atoms with van der Waals surface area (Å²) in [5, 5.41) is 6.20. The molecule has 0 aromatic carbocycles. The Labute approximate surface area is 147 Å². The Kier molecular flexibility index (Phi) is 5.60. The summed E-state index contributed by atoms with van der Waals surface area (Å²) in [7, 11) is 0. The molecule has 6 heteroatoms. The third kappa shape index (κ3) is 4.33. The van der Waals surface area contributed by atoms with Gasteiger partial charge in [0.25, 0.3) is 11.5 Å². The van der Waals surface area contributed by atoms with Crippen molar-refractivity contribution >= 4 is 5.91 Å². The van der Waals surface area contributed by atoms with Crippen LogP contribution in [0.1, 0.15) is 34.3 Å². The Morgan fingerprint density at radius 2 is 2.16 bits per heavy atom. The molecule has 3 rings (SSSR count). The summed E-state index contributed by atoms with van der Waals surface area (Å²) in [6.45, 7) is 4.79. The lowest BCUT2D eigenvalue weighted by atomic mass is 9.99. The fraction of sp³-hybridized carbons (Fsp3) is 0.421. The van der Waals surface area contributed by atoms with Crippen molar-refractivity contribution in [2.24, 2.45) is 5.92 Å². The normalized spacial score (nSPS) is 17.2. The fourth-order valence-corrected chi connectivity index (χ4v) is 3.21. The number of pyridine rings is 2. The van der Waals surface area contributed by atoms with Crippen LogP contribution in [-0.4, -0.2) is 28.5 Å². The van der Waals surface area contributed by atoms with Crippen molar-refractivity contribution in [1.29, 1.82) is 0 Å². The first kappa shape index (κ1) is 17.4. The summed E-state index contributed by atoms with van der Waals surface area (Å²) < 4.78 is 1.67. The zero-order valence-electron chi connectivity index (χ0n) is 14.5. The van der Waals surface area contributed by atoms with E-state index in [0.717, 1.165) is 31.5 Å². The van der Waals surface area contributed by atoms with Gasteiger partial charge in [-0.2, -0.15) is 0 Å². The van der Waals surface area contributed by atoms with E-state index in [1.165, 1.54) is 0 Å². The van der Waals surface area contributed by atoms with Crippen LogP contribution >= 0.6 is 0 Å². The highest BCUT2D eigenvalue weighted by Crippen LogP contribution is 2.12. The predicted molar refractivity (Wildman–Crippen MR) is 96.4 cm³/mol. The molecule has 1 saturated heterocycles. The average Bonchev–Trinajstić information content (AvgIpc) is 2.64. The number of aromatic nitrogens is 2. The minimum Gasteiger partial charge on any atom is -0.348 e. The summed E-state index contributed by atoms with van der Waals surface area (Å²) in [4.78, 5) is 29.3. The van der Waals surface area contributed by atoms with Crippen LogP contribution in [0.5, 0.6) is 0 Å². The molecule has 1 fully saturated rings. The molecule has 2 aromatic rings. The number of nitrogens with zero attached hydrogens (tertiary/aromatic N) is 2. The summed E-state index contributed by atoms with van der Waals surface area (Å²) in [6, 6.07) is 5.53. The number of hydrogen-bond donors (Lipinski definition) is 2. The van der Waals surface area contributed by atoms with Gasteiger partial charge in [-0.25, -0.2) is 0 Å². The molecule has 1 amide bonds. The maximum absolute atomic E-state index is 12.8. The van der Waals surface area contributed by atoms with Crippen molar-refractivity contribution in [2.75, 3.05) is 13.1 Å². The van der Waals surface area contributed by atoms with Crippen LogP contribution < -0.4 is 16.2 Å². The molecule has 2 aromatic heterocycles. The van der Waals surface area contributed by atoms with Crippen LogP contribution in [0.25, 0.3) is 0 Å². The van der Waals surface area contributed by atoms with Gasteiger partial charge < -0.3 is 15.2 Å². The molecule has 0 spiro atoms. The van der Waals surface area contributed by atoms with E-state index in [-0.39, 0.29) is 17.0 Å². The van der Waals surface area contributed by atoms with Crippen LogP contribution in [0.2, 0.25) is 0 Å². The first-order chi connectivity index (χ1) is 12.1. The lowest BCUT2D eigenvalue weighted by Crippen LogP contribution is -2.37. The molecular formula is C19H24N4O2. The lowest BCUT2D eigenvalue weighted by molar-refractivity contribution is 0.0948. The van der Waals surface area contributed by atoms with Gasteiger partial charge in [-0.05, 0) is 68.1 Å². The van der Waals surface area contributed by atoms with Gasteiger partial charge in [-0.3, -0.25) is 14.6 Å². The zero-order chi connectivity index (χ0) is 17.6. The van der Waals surface area contributed by atoms with Gasteiger partial charge in [0.15, 0.2) is 0 Å². The van der Waals surface area contributed by atoms with Crippen molar-refractivity contribution < 1.29 is 4.79 Å².